The summed E-state index contributed by atoms with van der Waals surface area (Å²) in [7, 11) is 0. The summed E-state index contributed by atoms with van der Waals surface area (Å²) in [5.41, 5.74) is 1.29. The summed E-state index contributed by atoms with van der Waals surface area (Å²) in [4.78, 5) is 21.1. The summed E-state index contributed by atoms with van der Waals surface area (Å²) >= 11 is 0. The van der Waals surface area contributed by atoms with Crippen molar-refractivity contribution in [2.24, 2.45) is 0 Å². The van der Waals surface area contributed by atoms with E-state index >= 15 is 0 Å². The second-order valence-corrected chi connectivity index (χ2v) is 4.61. The molecule has 0 saturated heterocycles. The molecule has 5 nitrogen and oxygen atoms in total. The maximum Gasteiger partial charge on any atom is 0.208 e. The zero-order valence-corrected chi connectivity index (χ0v) is 10.6. The van der Waals surface area contributed by atoms with Crippen LogP contribution in [0.3, 0.4) is 0 Å². The number of nitrogens with zero attached hydrogens (tertiary/aromatic N) is 3. The lowest BCUT2D eigenvalue weighted by Crippen LogP contribution is -2.14. The highest BCUT2D eigenvalue weighted by Gasteiger charge is 2.24. The van der Waals surface area contributed by atoms with Crippen molar-refractivity contribution in [2.45, 2.75) is 6.42 Å². The Bertz CT molecular complexity index is 856. The molecule has 1 aliphatic rings. The van der Waals surface area contributed by atoms with E-state index in [9.17, 15) is 4.79 Å². The molecule has 98 valence electrons. The van der Waals surface area contributed by atoms with Gasteiger partial charge >= 0.3 is 0 Å². The first kappa shape index (κ1) is 11.2. The van der Waals surface area contributed by atoms with Crippen LogP contribution < -0.4 is 10.2 Å². The van der Waals surface area contributed by atoms with Crippen molar-refractivity contribution >= 4 is 11.0 Å². The number of pyridine rings is 3. The molecule has 4 heterocycles. The van der Waals surface area contributed by atoms with Crippen molar-refractivity contribution in [3.8, 4) is 11.7 Å². The predicted molar refractivity (Wildman–Crippen MR) is 74.3 cm³/mol. The van der Waals surface area contributed by atoms with Gasteiger partial charge in [0, 0.05) is 18.8 Å². The highest BCUT2D eigenvalue weighted by molar-refractivity contribution is 5.79. The highest BCUT2D eigenvalue weighted by Crippen LogP contribution is 2.28. The maximum absolute atomic E-state index is 12.5. The molecule has 0 amide bonds. The third-order valence-electron chi connectivity index (χ3n) is 3.45. The van der Waals surface area contributed by atoms with Crippen molar-refractivity contribution in [3.63, 3.8) is 0 Å². The zero-order chi connectivity index (χ0) is 13.5. The Balaban J connectivity index is 2.20. The molecule has 0 bridgehead atoms. The van der Waals surface area contributed by atoms with E-state index < -0.39 is 0 Å². The van der Waals surface area contributed by atoms with Gasteiger partial charge in [0.25, 0.3) is 0 Å². The van der Waals surface area contributed by atoms with E-state index in [0.29, 0.717) is 41.3 Å². The molecule has 1 aliphatic heterocycles. The van der Waals surface area contributed by atoms with Crippen LogP contribution in [-0.2, 0) is 6.42 Å². The predicted octanol–water partition coefficient (Wildman–Crippen LogP) is 1.72. The van der Waals surface area contributed by atoms with Gasteiger partial charge in [0.2, 0.25) is 5.88 Å². The molecule has 3 aromatic heterocycles. The Labute approximate surface area is 114 Å². The fourth-order valence-corrected chi connectivity index (χ4v) is 2.56. The van der Waals surface area contributed by atoms with Gasteiger partial charge in [-0.1, -0.05) is 6.07 Å². The van der Waals surface area contributed by atoms with Crippen molar-refractivity contribution in [1.82, 2.24) is 14.5 Å². The molecule has 0 aliphatic carbocycles. The molecule has 4 rings (SSSR count). The Morgan fingerprint density at radius 1 is 1.10 bits per heavy atom. The Hall–Kier alpha value is -2.69. The van der Waals surface area contributed by atoms with Crippen molar-refractivity contribution in [2.75, 3.05) is 6.61 Å². The molecular weight excluding hydrogens is 254 g/mol. The smallest absolute Gasteiger partial charge is 0.208 e. The normalized spacial score (nSPS) is 13.2. The van der Waals surface area contributed by atoms with Crippen LogP contribution in [0.25, 0.3) is 16.9 Å². The SMILES string of the molecule is O=c1c2c(n(-c3ccccn3)c3ncccc13)OCC2. The van der Waals surface area contributed by atoms with E-state index in [2.05, 4.69) is 9.97 Å². The third-order valence-corrected chi connectivity index (χ3v) is 3.45. The van der Waals surface area contributed by atoms with Gasteiger partial charge in [-0.15, -0.1) is 0 Å². The van der Waals surface area contributed by atoms with Gasteiger partial charge in [0.1, 0.15) is 5.82 Å². The average molecular weight is 265 g/mol. The number of rotatable bonds is 1. The van der Waals surface area contributed by atoms with Crippen molar-refractivity contribution in [1.29, 1.82) is 0 Å². The van der Waals surface area contributed by atoms with E-state index in [1.54, 1.807) is 24.5 Å². The molecule has 3 aromatic rings. The first-order valence-electron chi connectivity index (χ1n) is 6.43. The van der Waals surface area contributed by atoms with Gasteiger partial charge in [-0.25, -0.2) is 14.5 Å². The summed E-state index contributed by atoms with van der Waals surface area (Å²) in [6, 6.07) is 9.19. The second kappa shape index (κ2) is 4.16. The molecule has 0 radical (unpaired) electrons. The molecule has 0 unspecified atom stereocenters. The summed E-state index contributed by atoms with van der Waals surface area (Å²) in [5, 5.41) is 0.599. The van der Waals surface area contributed by atoms with Crippen LogP contribution in [0.15, 0.2) is 47.5 Å². The van der Waals surface area contributed by atoms with E-state index in [1.807, 2.05) is 22.8 Å². The van der Waals surface area contributed by atoms with E-state index in [0.717, 1.165) is 0 Å². The van der Waals surface area contributed by atoms with Crippen LogP contribution in [0.2, 0.25) is 0 Å². The van der Waals surface area contributed by atoms with Crippen molar-refractivity contribution in [3.05, 3.63) is 58.5 Å². The minimum absolute atomic E-state index is 0.00720. The fourth-order valence-electron chi connectivity index (χ4n) is 2.56. The first-order chi connectivity index (χ1) is 9.86. The van der Waals surface area contributed by atoms with Gasteiger partial charge in [0.05, 0.1) is 17.6 Å². The standard InChI is InChI=1S/C15H11N3O2/c19-13-10-4-3-8-17-14(10)18(12-5-1-2-7-16-12)15-11(13)6-9-20-15/h1-5,7-8H,6,9H2. The van der Waals surface area contributed by atoms with Crippen LogP contribution in [0.1, 0.15) is 5.56 Å². The van der Waals surface area contributed by atoms with Crippen molar-refractivity contribution < 1.29 is 4.74 Å². The van der Waals surface area contributed by atoms with Gasteiger partial charge in [-0.2, -0.15) is 0 Å². The van der Waals surface area contributed by atoms with E-state index in [4.69, 9.17) is 4.74 Å². The first-order valence-corrected chi connectivity index (χ1v) is 6.43. The number of fused-ring (bicyclic) bond motifs is 2. The third kappa shape index (κ3) is 1.46. The van der Waals surface area contributed by atoms with Crippen LogP contribution in [0, 0.1) is 0 Å². The Morgan fingerprint density at radius 2 is 2.00 bits per heavy atom. The quantitative estimate of drug-likeness (QED) is 0.672. The van der Waals surface area contributed by atoms with Crippen LogP contribution in [0.5, 0.6) is 5.88 Å². The number of ether oxygens (including phenoxy) is 1. The van der Waals surface area contributed by atoms with Gasteiger partial charge in [-0.3, -0.25) is 4.79 Å². The van der Waals surface area contributed by atoms with Crippen LogP contribution in [0.4, 0.5) is 0 Å². The topological polar surface area (TPSA) is 57.0 Å². The average Bonchev–Trinajstić information content (AvgIpc) is 2.98. The molecule has 0 spiro atoms. The van der Waals surface area contributed by atoms with E-state index in [1.165, 1.54) is 0 Å². The number of aromatic nitrogens is 3. The van der Waals surface area contributed by atoms with Crippen LogP contribution >= 0.6 is 0 Å². The lowest BCUT2D eigenvalue weighted by molar-refractivity contribution is 0.338. The molecule has 5 heteroatoms. The minimum atomic E-state index is 0.00720. The Kier molecular flexibility index (Phi) is 2.32. The Morgan fingerprint density at radius 3 is 2.85 bits per heavy atom. The van der Waals surface area contributed by atoms with E-state index in [-0.39, 0.29) is 5.43 Å². The lowest BCUT2D eigenvalue weighted by atomic mass is 10.1. The van der Waals surface area contributed by atoms with Gasteiger partial charge < -0.3 is 4.74 Å². The molecule has 0 saturated carbocycles. The van der Waals surface area contributed by atoms with Gasteiger partial charge in [-0.05, 0) is 24.3 Å². The number of hydrogen-bond donors (Lipinski definition) is 0. The highest BCUT2D eigenvalue weighted by atomic mass is 16.5. The molecule has 0 N–H and O–H groups in total. The maximum atomic E-state index is 12.5. The molecule has 0 fully saturated rings. The molecular formula is C15H11N3O2. The second-order valence-electron chi connectivity index (χ2n) is 4.61. The van der Waals surface area contributed by atoms with Gasteiger partial charge in [0.15, 0.2) is 11.1 Å². The zero-order valence-electron chi connectivity index (χ0n) is 10.6. The number of hydrogen-bond acceptors (Lipinski definition) is 4. The molecule has 0 atom stereocenters. The lowest BCUT2D eigenvalue weighted by Gasteiger charge is -2.13. The monoisotopic (exact) mass is 265 g/mol. The summed E-state index contributed by atoms with van der Waals surface area (Å²) in [5.74, 6) is 1.27. The minimum Gasteiger partial charge on any atom is -0.478 e. The summed E-state index contributed by atoms with van der Waals surface area (Å²) in [6.07, 6.45) is 4.01. The summed E-state index contributed by atoms with van der Waals surface area (Å²) < 4.78 is 7.47. The molecule has 20 heavy (non-hydrogen) atoms. The summed E-state index contributed by atoms with van der Waals surface area (Å²) in [6.45, 7) is 0.522. The fraction of sp³-hybridized carbons (Fsp3) is 0.133. The van der Waals surface area contributed by atoms with Crippen LogP contribution in [-0.4, -0.2) is 21.1 Å². The molecule has 0 aromatic carbocycles. The largest absolute Gasteiger partial charge is 0.478 e.